The Morgan fingerprint density at radius 2 is 2.44 bits per heavy atom. The number of hydrogen-bond donors (Lipinski definition) is 1. The summed E-state index contributed by atoms with van der Waals surface area (Å²) in [5.74, 6) is -0.325. The van der Waals surface area contributed by atoms with Crippen LogP contribution in [0.2, 0.25) is 5.02 Å². The Labute approximate surface area is 99.1 Å². The average molecular weight is 245 g/mol. The molecule has 0 aliphatic heterocycles. The highest BCUT2D eigenvalue weighted by molar-refractivity contribution is 6.31. The van der Waals surface area contributed by atoms with Crippen molar-refractivity contribution in [3.05, 3.63) is 35.4 Å². The van der Waals surface area contributed by atoms with Crippen molar-refractivity contribution < 1.29 is 9.13 Å². The average Bonchev–Trinajstić information content (AvgIpc) is 2.29. The van der Waals surface area contributed by atoms with Gasteiger partial charge < -0.3 is 10.5 Å². The third kappa shape index (κ3) is 2.71. The molecule has 0 spiro atoms. The van der Waals surface area contributed by atoms with Crippen LogP contribution in [0.1, 0.15) is 24.4 Å². The molecule has 1 heterocycles. The molecule has 1 rings (SSSR count). The minimum Gasteiger partial charge on any atom is -0.495 e. The van der Waals surface area contributed by atoms with Gasteiger partial charge in [0, 0.05) is 11.6 Å². The lowest BCUT2D eigenvalue weighted by atomic mass is 10.0. The van der Waals surface area contributed by atoms with Crippen LogP contribution in [0.5, 0.6) is 5.75 Å². The first kappa shape index (κ1) is 12.9. The maximum atomic E-state index is 13.2. The lowest BCUT2D eigenvalue weighted by molar-refractivity contribution is 0.399. The fourth-order valence-electron chi connectivity index (χ4n) is 1.41. The van der Waals surface area contributed by atoms with Crippen molar-refractivity contribution >= 4 is 11.6 Å². The van der Waals surface area contributed by atoms with Gasteiger partial charge in [0.25, 0.3) is 0 Å². The second kappa shape index (κ2) is 5.82. The summed E-state index contributed by atoms with van der Waals surface area (Å²) in [6.45, 7) is 3.60. The summed E-state index contributed by atoms with van der Waals surface area (Å²) in [5, 5.41) is -0.0732. The number of rotatable bonds is 5. The number of nitrogens with two attached hydrogens (primary N) is 1. The van der Waals surface area contributed by atoms with E-state index in [2.05, 4.69) is 11.6 Å². The molecule has 0 radical (unpaired) electrons. The van der Waals surface area contributed by atoms with Gasteiger partial charge in [-0.2, -0.15) is 4.39 Å². The van der Waals surface area contributed by atoms with E-state index in [1.54, 1.807) is 6.08 Å². The van der Waals surface area contributed by atoms with Gasteiger partial charge in [-0.1, -0.05) is 17.7 Å². The zero-order valence-electron chi connectivity index (χ0n) is 9.04. The van der Waals surface area contributed by atoms with E-state index in [0.29, 0.717) is 17.7 Å². The topological polar surface area (TPSA) is 48.1 Å². The number of allylic oxidation sites excluding steroid dienone is 1. The molecule has 0 aromatic carbocycles. The molecule has 0 saturated heterocycles. The summed E-state index contributed by atoms with van der Waals surface area (Å²) < 4.78 is 18.3. The van der Waals surface area contributed by atoms with Crippen LogP contribution in [0.3, 0.4) is 0 Å². The molecular formula is C11H14ClFN2O. The SMILES string of the molecule is C=CCC[C@@H](N)c1c(OC)cnc(F)c1Cl. The van der Waals surface area contributed by atoms with Crippen molar-refractivity contribution in [2.45, 2.75) is 18.9 Å². The largest absolute Gasteiger partial charge is 0.495 e. The number of nitrogens with zero attached hydrogens (tertiary/aromatic N) is 1. The van der Waals surface area contributed by atoms with E-state index < -0.39 is 12.0 Å². The lowest BCUT2D eigenvalue weighted by Crippen LogP contribution is -2.13. The van der Waals surface area contributed by atoms with Crippen LogP contribution >= 0.6 is 11.6 Å². The van der Waals surface area contributed by atoms with Crippen molar-refractivity contribution in [2.24, 2.45) is 5.73 Å². The minimum absolute atomic E-state index is 0.0732. The first-order valence-electron chi connectivity index (χ1n) is 4.86. The van der Waals surface area contributed by atoms with Gasteiger partial charge in [0.05, 0.1) is 13.3 Å². The molecule has 5 heteroatoms. The third-order valence-corrected chi connectivity index (χ3v) is 2.61. The molecule has 1 atom stereocenters. The van der Waals surface area contributed by atoms with Crippen molar-refractivity contribution in [3.8, 4) is 5.75 Å². The molecule has 3 nitrogen and oxygen atoms in total. The van der Waals surface area contributed by atoms with Crippen molar-refractivity contribution in [1.29, 1.82) is 0 Å². The number of ether oxygens (including phenoxy) is 1. The molecule has 2 N–H and O–H groups in total. The second-order valence-corrected chi connectivity index (χ2v) is 3.70. The third-order valence-electron chi connectivity index (χ3n) is 2.25. The molecule has 88 valence electrons. The number of pyridine rings is 1. The fraction of sp³-hybridized carbons (Fsp3) is 0.364. The van der Waals surface area contributed by atoms with E-state index >= 15 is 0 Å². The van der Waals surface area contributed by atoms with E-state index in [1.165, 1.54) is 13.3 Å². The molecular weight excluding hydrogens is 231 g/mol. The molecule has 0 fully saturated rings. The van der Waals surface area contributed by atoms with E-state index in [4.69, 9.17) is 22.1 Å². The second-order valence-electron chi connectivity index (χ2n) is 3.32. The molecule has 1 aromatic rings. The molecule has 1 aromatic heterocycles. The summed E-state index contributed by atoms with van der Waals surface area (Å²) in [6, 6.07) is -0.391. The molecule has 0 bridgehead atoms. The van der Waals surface area contributed by atoms with Crippen molar-refractivity contribution in [3.63, 3.8) is 0 Å². The van der Waals surface area contributed by atoms with Gasteiger partial charge in [-0.15, -0.1) is 6.58 Å². The van der Waals surface area contributed by atoms with E-state index in [0.717, 1.165) is 6.42 Å². The Morgan fingerprint density at radius 1 is 1.75 bits per heavy atom. The molecule has 0 aliphatic carbocycles. The lowest BCUT2D eigenvalue weighted by Gasteiger charge is -2.16. The number of methoxy groups -OCH3 is 1. The van der Waals surface area contributed by atoms with Crippen LogP contribution in [0.4, 0.5) is 4.39 Å². The maximum absolute atomic E-state index is 13.2. The summed E-state index contributed by atoms with van der Waals surface area (Å²) in [5.41, 5.74) is 6.38. The van der Waals surface area contributed by atoms with Crippen LogP contribution in [0.25, 0.3) is 0 Å². The van der Waals surface area contributed by atoms with Gasteiger partial charge in [0.1, 0.15) is 10.8 Å². The molecule has 0 aliphatic rings. The zero-order chi connectivity index (χ0) is 12.1. The van der Waals surface area contributed by atoms with Crippen LogP contribution in [0, 0.1) is 5.95 Å². The first-order valence-corrected chi connectivity index (χ1v) is 5.24. The summed E-state index contributed by atoms with van der Waals surface area (Å²) >= 11 is 5.83. The van der Waals surface area contributed by atoms with Gasteiger partial charge in [0.2, 0.25) is 5.95 Å². The molecule has 0 saturated carbocycles. The first-order chi connectivity index (χ1) is 7.61. The van der Waals surface area contributed by atoms with Crippen molar-refractivity contribution in [1.82, 2.24) is 4.98 Å². The quantitative estimate of drug-likeness (QED) is 0.640. The normalized spacial score (nSPS) is 12.2. The van der Waals surface area contributed by atoms with Crippen LogP contribution in [-0.2, 0) is 0 Å². The zero-order valence-corrected chi connectivity index (χ0v) is 9.80. The Kier molecular flexibility index (Phi) is 4.71. The van der Waals surface area contributed by atoms with Crippen LogP contribution in [0.15, 0.2) is 18.9 Å². The smallest absolute Gasteiger partial charge is 0.232 e. The molecule has 16 heavy (non-hydrogen) atoms. The van der Waals surface area contributed by atoms with Gasteiger partial charge in [-0.3, -0.25) is 0 Å². The monoisotopic (exact) mass is 244 g/mol. The Balaban J connectivity index is 3.08. The van der Waals surface area contributed by atoms with Gasteiger partial charge in [0.15, 0.2) is 0 Å². The summed E-state index contributed by atoms with van der Waals surface area (Å²) in [7, 11) is 1.47. The predicted molar refractivity (Wildman–Crippen MR) is 62.1 cm³/mol. The highest BCUT2D eigenvalue weighted by atomic mass is 35.5. The number of hydrogen-bond acceptors (Lipinski definition) is 3. The van der Waals surface area contributed by atoms with E-state index in [1.807, 2.05) is 0 Å². The molecule has 0 unspecified atom stereocenters. The van der Waals surface area contributed by atoms with Crippen LogP contribution < -0.4 is 10.5 Å². The minimum atomic E-state index is -0.730. The maximum Gasteiger partial charge on any atom is 0.232 e. The fourth-order valence-corrected chi connectivity index (χ4v) is 1.69. The van der Waals surface area contributed by atoms with Crippen molar-refractivity contribution in [2.75, 3.05) is 7.11 Å². The summed E-state index contributed by atoms with van der Waals surface area (Å²) in [4.78, 5) is 3.47. The van der Waals surface area contributed by atoms with Gasteiger partial charge >= 0.3 is 0 Å². The van der Waals surface area contributed by atoms with Gasteiger partial charge in [-0.25, -0.2) is 4.98 Å². The molecule has 0 amide bonds. The summed E-state index contributed by atoms with van der Waals surface area (Å²) in [6.07, 6.45) is 4.38. The number of halogens is 2. The van der Waals surface area contributed by atoms with Crippen LogP contribution in [-0.4, -0.2) is 12.1 Å². The number of aromatic nitrogens is 1. The predicted octanol–water partition coefficient (Wildman–Crippen LogP) is 2.85. The van der Waals surface area contributed by atoms with E-state index in [9.17, 15) is 4.39 Å². The Hall–Kier alpha value is -1.13. The Morgan fingerprint density at radius 3 is 3.00 bits per heavy atom. The standard InChI is InChI=1S/C11H14ClFN2O/c1-3-4-5-7(14)9-8(16-2)6-15-11(13)10(9)12/h3,6-7H,1,4-5,14H2,2H3/t7-/m1/s1. The van der Waals surface area contributed by atoms with E-state index in [-0.39, 0.29) is 5.02 Å². The Bertz CT molecular complexity index is 384. The highest BCUT2D eigenvalue weighted by Gasteiger charge is 2.19. The highest BCUT2D eigenvalue weighted by Crippen LogP contribution is 2.33. The van der Waals surface area contributed by atoms with Gasteiger partial charge in [-0.05, 0) is 12.8 Å².